The van der Waals surface area contributed by atoms with Crippen LogP contribution in [0.15, 0.2) is 53.7 Å². The zero-order valence-electron chi connectivity index (χ0n) is 14.9. The lowest BCUT2D eigenvalue weighted by Gasteiger charge is -2.12. The summed E-state index contributed by atoms with van der Waals surface area (Å²) in [5.74, 6) is 1.11. The van der Waals surface area contributed by atoms with Gasteiger partial charge in [0.05, 0.1) is 30.7 Å². The number of methoxy groups -OCH3 is 1. The molecule has 3 rings (SSSR count). The molecule has 0 fully saturated rings. The Morgan fingerprint density at radius 3 is 2.74 bits per heavy atom. The lowest BCUT2D eigenvalue weighted by atomic mass is 10.2. The number of hydrogen-bond donors (Lipinski definition) is 0. The number of hydrogen-bond acceptors (Lipinski definition) is 6. The Hall–Kier alpha value is -2.51. The van der Waals surface area contributed by atoms with Crippen molar-refractivity contribution in [3.8, 4) is 22.8 Å². The van der Waals surface area contributed by atoms with Crippen molar-refractivity contribution in [2.75, 3.05) is 19.5 Å². The Morgan fingerprint density at radius 2 is 2.00 bits per heavy atom. The van der Waals surface area contributed by atoms with Gasteiger partial charge in [0.15, 0.2) is 11.0 Å². The van der Waals surface area contributed by atoms with Crippen molar-refractivity contribution >= 4 is 29.3 Å². The molecule has 0 aliphatic carbocycles. The molecule has 140 valence electrons. The summed E-state index contributed by atoms with van der Waals surface area (Å²) in [6, 6.07) is 14.9. The standard InChI is InChI=1S/C19H18ClN3O3S/c1-3-26-17(24)12-27-19-22-21-18(15-9-4-5-10-16(15)25-2)23(19)14-8-6-7-13(20)11-14/h4-11H,3,12H2,1-2H3. The van der Waals surface area contributed by atoms with Gasteiger partial charge in [-0.3, -0.25) is 9.36 Å². The number of ether oxygens (including phenoxy) is 2. The Bertz CT molecular complexity index is 945. The molecular formula is C19H18ClN3O3S. The van der Waals surface area contributed by atoms with Gasteiger partial charge in [-0.05, 0) is 37.3 Å². The third kappa shape index (κ3) is 4.43. The molecule has 0 saturated heterocycles. The highest BCUT2D eigenvalue weighted by molar-refractivity contribution is 7.99. The Kier molecular flexibility index (Phi) is 6.36. The van der Waals surface area contributed by atoms with Crippen molar-refractivity contribution < 1.29 is 14.3 Å². The maximum Gasteiger partial charge on any atom is 0.316 e. The Labute approximate surface area is 166 Å². The average molecular weight is 404 g/mol. The van der Waals surface area contributed by atoms with Crippen LogP contribution in [-0.4, -0.2) is 40.2 Å². The zero-order valence-corrected chi connectivity index (χ0v) is 16.5. The summed E-state index contributed by atoms with van der Waals surface area (Å²) in [7, 11) is 1.61. The van der Waals surface area contributed by atoms with Crippen LogP contribution in [0.2, 0.25) is 5.02 Å². The Morgan fingerprint density at radius 1 is 1.19 bits per heavy atom. The van der Waals surface area contributed by atoms with E-state index in [1.54, 1.807) is 20.1 Å². The van der Waals surface area contributed by atoms with E-state index in [1.165, 1.54) is 11.8 Å². The van der Waals surface area contributed by atoms with E-state index < -0.39 is 0 Å². The van der Waals surface area contributed by atoms with Crippen molar-refractivity contribution in [1.82, 2.24) is 14.8 Å². The molecule has 0 amide bonds. The van der Waals surface area contributed by atoms with Crippen molar-refractivity contribution in [2.24, 2.45) is 0 Å². The fraction of sp³-hybridized carbons (Fsp3) is 0.211. The average Bonchev–Trinajstić information content (AvgIpc) is 3.10. The van der Waals surface area contributed by atoms with Gasteiger partial charge in [-0.2, -0.15) is 0 Å². The number of benzene rings is 2. The summed E-state index contributed by atoms with van der Waals surface area (Å²) in [5, 5.41) is 9.77. The number of rotatable bonds is 7. The van der Waals surface area contributed by atoms with E-state index in [0.29, 0.717) is 28.4 Å². The number of para-hydroxylation sites is 1. The minimum Gasteiger partial charge on any atom is -0.496 e. The van der Waals surface area contributed by atoms with Gasteiger partial charge in [0.1, 0.15) is 5.75 Å². The highest BCUT2D eigenvalue weighted by Gasteiger charge is 2.20. The molecule has 6 nitrogen and oxygen atoms in total. The first-order chi connectivity index (χ1) is 13.1. The van der Waals surface area contributed by atoms with Gasteiger partial charge in [-0.15, -0.1) is 10.2 Å². The summed E-state index contributed by atoms with van der Waals surface area (Å²) >= 11 is 7.44. The molecule has 0 unspecified atom stereocenters. The molecular weight excluding hydrogens is 386 g/mol. The second-order valence-corrected chi connectivity index (χ2v) is 6.79. The van der Waals surface area contributed by atoms with E-state index in [9.17, 15) is 4.79 Å². The van der Waals surface area contributed by atoms with Crippen LogP contribution in [0.25, 0.3) is 17.1 Å². The summed E-state index contributed by atoms with van der Waals surface area (Å²) in [4.78, 5) is 11.8. The minimum atomic E-state index is -0.304. The maximum absolute atomic E-state index is 11.8. The number of carbonyl (C=O) groups excluding carboxylic acids is 1. The molecule has 0 radical (unpaired) electrons. The topological polar surface area (TPSA) is 66.2 Å². The molecule has 27 heavy (non-hydrogen) atoms. The summed E-state index contributed by atoms with van der Waals surface area (Å²) in [6.07, 6.45) is 0. The molecule has 2 aromatic carbocycles. The molecule has 8 heteroatoms. The molecule has 3 aromatic rings. The molecule has 0 spiro atoms. The van der Waals surface area contributed by atoms with Crippen LogP contribution in [-0.2, 0) is 9.53 Å². The first kappa shape index (κ1) is 19.3. The smallest absolute Gasteiger partial charge is 0.316 e. The normalized spacial score (nSPS) is 10.6. The van der Waals surface area contributed by atoms with E-state index in [0.717, 1.165) is 11.3 Å². The zero-order chi connectivity index (χ0) is 19.2. The third-order valence-corrected chi connectivity index (χ3v) is 4.81. The van der Waals surface area contributed by atoms with Gasteiger partial charge < -0.3 is 9.47 Å². The van der Waals surface area contributed by atoms with E-state index >= 15 is 0 Å². The molecule has 1 heterocycles. The summed E-state index contributed by atoms with van der Waals surface area (Å²) in [5.41, 5.74) is 1.58. The molecule has 0 aliphatic heterocycles. The van der Waals surface area contributed by atoms with Crippen LogP contribution in [0.4, 0.5) is 0 Å². The van der Waals surface area contributed by atoms with Crippen LogP contribution >= 0.6 is 23.4 Å². The van der Waals surface area contributed by atoms with Crippen LogP contribution in [0, 0.1) is 0 Å². The second-order valence-electron chi connectivity index (χ2n) is 5.42. The first-order valence-electron chi connectivity index (χ1n) is 8.27. The monoisotopic (exact) mass is 403 g/mol. The number of thioether (sulfide) groups is 1. The first-order valence-corrected chi connectivity index (χ1v) is 9.63. The van der Waals surface area contributed by atoms with Gasteiger partial charge in [0.2, 0.25) is 0 Å². The lowest BCUT2D eigenvalue weighted by Crippen LogP contribution is -2.08. The van der Waals surface area contributed by atoms with Crippen molar-refractivity contribution in [3.63, 3.8) is 0 Å². The van der Waals surface area contributed by atoms with Crippen molar-refractivity contribution in [3.05, 3.63) is 53.6 Å². The number of nitrogens with zero attached hydrogens (tertiary/aromatic N) is 3. The molecule has 0 saturated carbocycles. The van der Waals surface area contributed by atoms with Gasteiger partial charge in [-0.1, -0.05) is 41.6 Å². The summed E-state index contributed by atoms with van der Waals surface area (Å²) < 4.78 is 12.3. The highest BCUT2D eigenvalue weighted by atomic mass is 35.5. The van der Waals surface area contributed by atoms with Crippen LogP contribution in [0.1, 0.15) is 6.92 Å². The predicted octanol–water partition coefficient (Wildman–Crippen LogP) is 4.25. The van der Waals surface area contributed by atoms with E-state index in [-0.39, 0.29) is 11.7 Å². The number of halogens is 1. The van der Waals surface area contributed by atoms with Crippen LogP contribution < -0.4 is 4.74 Å². The van der Waals surface area contributed by atoms with Gasteiger partial charge in [0.25, 0.3) is 0 Å². The van der Waals surface area contributed by atoms with Gasteiger partial charge >= 0.3 is 5.97 Å². The summed E-state index contributed by atoms with van der Waals surface area (Å²) in [6.45, 7) is 2.11. The fourth-order valence-electron chi connectivity index (χ4n) is 2.54. The fourth-order valence-corrected chi connectivity index (χ4v) is 3.48. The number of carbonyl (C=O) groups is 1. The molecule has 0 bridgehead atoms. The van der Waals surface area contributed by atoms with E-state index in [2.05, 4.69) is 10.2 Å². The van der Waals surface area contributed by atoms with E-state index in [1.807, 2.05) is 47.0 Å². The van der Waals surface area contributed by atoms with Crippen LogP contribution in [0.5, 0.6) is 5.75 Å². The van der Waals surface area contributed by atoms with Gasteiger partial charge in [0, 0.05) is 5.02 Å². The quantitative estimate of drug-likeness (QED) is 0.434. The predicted molar refractivity (Wildman–Crippen MR) is 106 cm³/mol. The lowest BCUT2D eigenvalue weighted by molar-refractivity contribution is -0.139. The third-order valence-electron chi connectivity index (χ3n) is 3.67. The van der Waals surface area contributed by atoms with Crippen LogP contribution in [0.3, 0.4) is 0 Å². The molecule has 0 N–H and O–H groups in total. The largest absolute Gasteiger partial charge is 0.496 e. The van der Waals surface area contributed by atoms with E-state index in [4.69, 9.17) is 21.1 Å². The van der Waals surface area contributed by atoms with Crippen molar-refractivity contribution in [1.29, 1.82) is 0 Å². The number of aromatic nitrogens is 3. The molecule has 1 aromatic heterocycles. The maximum atomic E-state index is 11.8. The molecule has 0 aliphatic rings. The Balaban J connectivity index is 2.07. The number of esters is 1. The second kappa shape index (κ2) is 8.92. The minimum absolute atomic E-state index is 0.137. The van der Waals surface area contributed by atoms with Crippen molar-refractivity contribution in [2.45, 2.75) is 12.1 Å². The SMILES string of the molecule is CCOC(=O)CSc1nnc(-c2ccccc2OC)n1-c1cccc(Cl)c1. The molecule has 0 atom stereocenters. The highest BCUT2D eigenvalue weighted by Crippen LogP contribution is 2.33. The van der Waals surface area contributed by atoms with Gasteiger partial charge in [-0.25, -0.2) is 0 Å².